The fraction of sp³-hybridized carbons (Fsp3) is 0.650. The van der Waals surface area contributed by atoms with Crippen LogP contribution >= 0.6 is 0 Å². The summed E-state index contributed by atoms with van der Waals surface area (Å²) in [5.74, 6) is 0.844. The monoisotopic (exact) mass is 345 g/mol. The van der Waals surface area contributed by atoms with Gasteiger partial charge in [-0.25, -0.2) is 4.79 Å². The number of rotatable bonds is 7. The van der Waals surface area contributed by atoms with Crippen LogP contribution in [-0.2, 0) is 6.42 Å². The van der Waals surface area contributed by atoms with Crippen LogP contribution in [0.25, 0.3) is 0 Å². The fourth-order valence-corrected chi connectivity index (χ4v) is 3.55. The van der Waals surface area contributed by atoms with Gasteiger partial charge in [-0.2, -0.15) is 0 Å². The Bertz CT molecular complexity index is 557. The maximum Gasteiger partial charge on any atom is 0.317 e. The van der Waals surface area contributed by atoms with Crippen molar-refractivity contribution in [2.24, 2.45) is 5.92 Å². The average Bonchev–Trinajstić information content (AvgIpc) is 3.42. The number of carbonyl (C=O) groups is 1. The van der Waals surface area contributed by atoms with Crippen molar-refractivity contribution in [3.8, 4) is 0 Å². The van der Waals surface area contributed by atoms with Crippen LogP contribution in [0.1, 0.15) is 30.4 Å². The molecule has 138 valence electrons. The lowest BCUT2D eigenvalue weighted by molar-refractivity contribution is 0.0704. The molecule has 1 saturated carbocycles. The van der Waals surface area contributed by atoms with Crippen molar-refractivity contribution >= 4 is 6.03 Å². The van der Waals surface area contributed by atoms with Crippen molar-refractivity contribution in [2.45, 2.75) is 38.6 Å². The minimum Gasteiger partial charge on any atom is -0.396 e. The molecular formula is C20H31N3O2. The van der Waals surface area contributed by atoms with E-state index in [1.54, 1.807) is 0 Å². The Labute approximate surface area is 151 Å². The molecule has 3 rings (SSSR count). The first kappa shape index (κ1) is 18.2. The third-order valence-corrected chi connectivity index (χ3v) is 5.35. The lowest BCUT2D eigenvalue weighted by Crippen LogP contribution is -2.57. The Morgan fingerprint density at radius 1 is 1.24 bits per heavy atom. The van der Waals surface area contributed by atoms with E-state index in [1.165, 1.54) is 24.0 Å². The molecule has 0 radical (unpaired) electrons. The summed E-state index contributed by atoms with van der Waals surface area (Å²) < 4.78 is 0. The van der Waals surface area contributed by atoms with E-state index >= 15 is 0 Å². The van der Waals surface area contributed by atoms with E-state index < -0.39 is 0 Å². The van der Waals surface area contributed by atoms with Crippen molar-refractivity contribution in [3.63, 3.8) is 0 Å². The van der Waals surface area contributed by atoms with Crippen LogP contribution in [0.2, 0.25) is 0 Å². The summed E-state index contributed by atoms with van der Waals surface area (Å²) in [6, 6.07) is 8.78. The second-order valence-corrected chi connectivity index (χ2v) is 7.52. The number of piperazine rings is 1. The quantitative estimate of drug-likeness (QED) is 0.795. The molecule has 1 saturated heterocycles. The van der Waals surface area contributed by atoms with Crippen LogP contribution < -0.4 is 5.32 Å². The van der Waals surface area contributed by atoms with Crippen LogP contribution in [0.4, 0.5) is 4.79 Å². The highest BCUT2D eigenvalue weighted by Gasteiger charge is 2.33. The van der Waals surface area contributed by atoms with Gasteiger partial charge in [0.15, 0.2) is 0 Å². The van der Waals surface area contributed by atoms with E-state index in [1.807, 2.05) is 4.90 Å². The predicted octanol–water partition coefficient (Wildman–Crippen LogP) is 2.03. The largest absolute Gasteiger partial charge is 0.396 e. The summed E-state index contributed by atoms with van der Waals surface area (Å²) in [6.07, 6.45) is 4.28. The zero-order chi connectivity index (χ0) is 17.6. The SMILES string of the molecule is Cc1ccc(CCNC(=O)N2CCN(CC3CC3)C(CCO)C2)cc1. The molecule has 1 aromatic rings. The number of urea groups is 1. The molecule has 2 N–H and O–H groups in total. The first-order valence-corrected chi connectivity index (χ1v) is 9.59. The molecule has 2 aliphatic rings. The first-order valence-electron chi connectivity index (χ1n) is 9.59. The van der Waals surface area contributed by atoms with Gasteiger partial charge < -0.3 is 15.3 Å². The normalized spacial score (nSPS) is 21.4. The fourth-order valence-electron chi connectivity index (χ4n) is 3.55. The van der Waals surface area contributed by atoms with Crippen molar-refractivity contribution in [1.82, 2.24) is 15.1 Å². The van der Waals surface area contributed by atoms with Crippen LogP contribution in [0.3, 0.4) is 0 Å². The van der Waals surface area contributed by atoms with Crippen LogP contribution in [0, 0.1) is 12.8 Å². The second kappa shape index (κ2) is 8.68. The molecule has 1 unspecified atom stereocenters. The molecule has 1 atom stereocenters. The topological polar surface area (TPSA) is 55.8 Å². The number of aliphatic hydroxyl groups is 1. The minimum absolute atomic E-state index is 0.0288. The Hall–Kier alpha value is -1.59. The summed E-state index contributed by atoms with van der Waals surface area (Å²) in [7, 11) is 0. The summed E-state index contributed by atoms with van der Waals surface area (Å²) >= 11 is 0. The van der Waals surface area contributed by atoms with E-state index in [2.05, 4.69) is 41.4 Å². The molecule has 0 aromatic heterocycles. The van der Waals surface area contributed by atoms with Crippen molar-refractivity contribution in [1.29, 1.82) is 0 Å². The molecule has 1 aromatic carbocycles. The molecule has 5 heteroatoms. The Morgan fingerprint density at radius 2 is 2.00 bits per heavy atom. The first-order chi connectivity index (χ1) is 12.2. The molecular weight excluding hydrogens is 314 g/mol. The van der Waals surface area contributed by atoms with Crippen molar-refractivity contribution in [3.05, 3.63) is 35.4 Å². The molecule has 0 spiro atoms. The number of hydrogen-bond donors (Lipinski definition) is 2. The molecule has 2 fully saturated rings. The maximum absolute atomic E-state index is 12.5. The number of aryl methyl sites for hydroxylation is 1. The Kier molecular flexibility index (Phi) is 6.32. The number of nitrogens with one attached hydrogen (secondary N) is 1. The number of aliphatic hydroxyl groups excluding tert-OH is 1. The molecule has 5 nitrogen and oxygen atoms in total. The van der Waals surface area contributed by atoms with Crippen LogP contribution in [0.15, 0.2) is 24.3 Å². The number of amides is 2. The highest BCUT2D eigenvalue weighted by Crippen LogP contribution is 2.31. The molecule has 1 heterocycles. The van der Waals surface area contributed by atoms with Crippen molar-refractivity contribution < 1.29 is 9.90 Å². The number of benzene rings is 1. The minimum atomic E-state index is 0.0288. The van der Waals surface area contributed by atoms with Gasteiger partial charge in [-0.15, -0.1) is 0 Å². The number of nitrogens with zero attached hydrogens (tertiary/aromatic N) is 2. The van der Waals surface area contributed by atoms with Crippen molar-refractivity contribution in [2.75, 3.05) is 39.3 Å². The van der Waals surface area contributed by atoms with Gasteiger partial charge in [0.2, 0.25) is 0 Å². The maximum atomic E-state index is 12.5. The third-order valence-electron chi connectivity index (χ3n) is 5.35. The van der Waals surface area contributed by atoms with Gasteiger partial charge in [0.25, 0.3) is 0 Å². The summed E-state index contributed by atoms with van der Waals surface area (Å²) in [4.78, 5) is 16.9. The summed E-state index contributed by atoms with van der Waals surface area (Å²) in [6.45, 7) is 6.50. The molecule has 25 heavy (non-hydrogen) atoms. The molecule has 1 aliphatic carbocycles. The predicted molar refractivity (Wildman–Crippen MR) is 99.6 cm³/mol. The van der Waals surface area contributed by atoms with Gasteiger partial charge in [0, 0.05) is 45.4 Å². The van der Waals surface area contributed by atoms with Gasteiger partial charge in [0.1, 0.15) is 0 Å². The summed E-state index contributed by atoms with van der Waals surface area (Å²) in [5, 5.41) is 12.4. The molecule has 0 bridgehead atoms. The van der Waals surface area contributed by atoms with E-state index in [9.17, 15) is 9.90 Å². The standard InChI is InChI=1S/C20H31N3O2/c1-16-2-4-17(5-3-16)8-10-21-20(25)23-12-11-22(14-18-6-7-18)19(15-23)9-13-24/h2-5,18-19,24H,6-15H2,1H3,(H,21,25). The summed E-state index contributed by atoms with van der Waals surface area (Å²) in [5.41, 5.74) is 2.50. The molecule has 2 amide bonds. The lowest BCUT2D eigenvalue weighted by atomic mass is 10.1. The van der Waals surface area contributed by atoms with E-state index in [4.69, 9.17) is 0 Å². The van der Waals surface area contributed by atoms with Gasteiger partial charge >= 0.3 is 6.03 Å². The van der Waals surface area contributed by atoms with E-state index in [0.717, 1.165) is 44.9 Å². The smallest absolute Gasteiger partial charge is 0.317 e. The number of hydrogen-bond acceptors (Lipinski definition) is 3. The van der Waals surface area contributed by atoms with Gasteiger partial charge in [-0.1, -0.05) is 29.8 Å². The van der Waals surface area contributed by atoms with E-state index in [0.29, 0.717) is 12.6 Å². The average molecular weight is 345 g/mol. The Balaban J connectivity index is 1.44. The lowest BCUT2D eigenvalue weighted by Gasteiger charge is -2.41. The van der Waals surface area contributed by atoms with Gasteiger partial charge in [0.05, 0.1) is 0 Å². The Morgan fingerprint density at radius 3 is 2.68 bits per heavy atom. The van der Waals surface area contributed by atoms with E-state index in [-0.39, 0.29) is 12.6 Å². The van der Waals surface area contributed by atoms with Gasteiger partial charge in [-0.05, 0) is 44.1 Å². The zero-order valence-corrected chi connectivity index (χ0v) is 15.3. The zero-order valence-electron chi connectivity index (χ0n) is 15.3. The van der Waals surface area contributed by atoms with Crippen LogP contribution in [0.5, 0.6) is 0 Å². The highest BCUT2D eigenvalue weighted by atomic mass is 16.3. The van der Waals surface area contributed by atoms with Gasteiger partial charge in [-0.3, -0.25) is 4.90 Å². The van der Waals surface area contributed by atoms with Crippen LogP contribution in [-0.4, -0.2) is 66.3 Å². The molecule has 1 aliphatic heterocycles. The highest BCUT2D eigenvalue weighted by molar-refractivity contribution is 5.74. The number of carbonyl (C=O) groups excluding carboxylic acids is 1. The third kappa shape index (κ3) is 5.44. The second-order valence-electron chi connectivity index (χ2n) is 7.52.